The Bertz CT molecular complexity index is 1030. The third-order valence-corrected chi connectivity index (χ3v) is 6.48. The number of hydrogen-bond acceptors (Lipinski definition) is 4. The van der Waals surface area contributed by atoms with E-state index in [1.807, 2.05) is 4.90 Å². The van der Waals surface area contributed by atoms with Crippen molar-refractivity contribution in [2.75, 3.05) is 26.2 Å². The van der Waals surface area contributed by atoms with E-state index in [1.54, 1.807) is 0 Å². The van der Waals surface area contributed by atoms with Gasteiger partial charge in [0.1, 0.15) is 0 Å². The van der Waals surface area contributed by atoms with E-state index in [4.69, 9.17) is 0 Å². The monoisotopic (exact) mass is 410 g/mol. The molecule has 3 heterocycles. The lowest BCUT2D eigenvalue weighted by Crippen LogP contribution is -2.45. The summed E-state index contributed by atoms with van der Waals surface area (Å²) < 4.78 is 1.38. The van der Waals surface area contributed by atoms with Crippen LogP contribution in [-0.2, 0) is 17.9 Å². The van der Waals surface area contributed by atoms with Crippen molar-refractivity contribution >= 4 is 5.91 Å². The number of H-pyrrole nitrogens is 1. The van der Waals surface area contributed by atoms with Gasteiger partial charge in [-0.15, -0.1) is 0 Å². The zero-order valence-corrected chi connectivity index (χ0v) is 17.6. The fourth-order valence-electron chi connectivity index (χ4n) is 4.99. The topological polar surface area (TPSA) is 78.4 Å². The van der Waals surface area contributed by atoms with Crippen LogP contribution in [0.1, 0.15) is 36.8 Å². The number of rotatable bonds is 5. The number of piperidine rings is 1. The standard InChI is InChI=1S/C23H30N4O3/c1-18-4-2-5-19(14-18)15-25-10-3-8-23(16-25)9-13-27(17-23)21(29)7-12-26-11-6-20(28)24-22(26)30/h2,4-6,11,14H,3,7-10,12-13,15-17H2,1H3,(H,24,28,30). The summed E-state index contributed by atoms with van der Waals surface area (Å²) in [5, 5.41) is 0. The molecule has 0 aliphatic carbocycles. The van der Waals surface area contributed by atoms with E-state index in [1.165, 1.54) is 40.8 Å². The number of carbonyl (C=O) groups excluding carboxylic acids is 1. The van der Waals surface area contributed by atoms with Crippen LogP contribution in [0, 0.1) is 12.3 Å². The van der Waals surface area contributed by atoms with Crippen LogP contribution >= 0.6 is 0 Å². The predicted molar refractivity (Wildman–Crippen MR) is 115 cm³/mol. The van der Waals surface area contributed by atoms with Gasteiger partial charge in [0.2, 0.25) is 5.91 Å². The number of aryl methyl sites for hydroxylation is 2. The molecule has 1 amide bonds. The molecule has 160 valence electrons. The minimum absolute atomic E-state index is 0.0841. The highest BCUT2D eigenvalue weighted by Gasteiger charge is 2.42. The summed E-state index contributed by atoms with van der Waals surface area (Å²) in [6.07, 6.45) is 5.10. The zero-order chi connectivity index (χ0) is 21.1. The molecule has 2 aliphatic heterocycles. The maximum absolute atomic E-state index is 12.8. The van der Waals surface area contributed by atoms with Crippen LogP contribution in [0.3, 0.4) is 0 Å². The van der Waals surface area contributed by atoms with Gasteiger partial charge in [0, 0.05) is 56.8 Å². The zero-order valence-electron chi connectivity index (χ0n) is 17.6. The quantitative estimate of drug-likeness (QED) is 0.815. The molecule has 2 fully saturated rings. The number of nitrogens with one attached hydrogen (secondary N) is 1. The van der Waals surface area contributed by atoms with Crippen molar-refractivity contribution in [2.24, 2.45) is 5.41 Å². The van der Waals surface area contributed by atoms with E-state index in [-0.39, 0.29) is 24.3 Å². The molecule has 2 aliphatic rings. The third kappa shape index (κ3) is 4.73. The summed E-state index contributed by atoms with van der Waals surface area (Å²) >= 11 is 0. The largest absolute Gasteiger partial charge is 0.342 e. The summed E-state index contributed by atoms with van der Waals surface area (Å²) in [4.78, 5) is 42.5. The van der Waals surface area contributed by atoms with Gasteiger partial charge < -0.3 is 9.47 Å². The molecule has 1 aromatic carbocycles. The van der Waals surface area contributed by atoms with Crippen LogP contribution in [0.25, 0.3) is 0 Å². The van der Waals surface area contributed by atoms with E-state index in [0.717, 1.165) is 39.1 Å². The van der Waals surface area contributed by atoms with E-state index >= 15 is 0 Å². The first-order chi connectivity index (χ1) is 14.4. The Balaban J connectivity index is 1.33. The Hall–Kier alpha value is -2.67. The summed E-state index contributed by atoms with van der Waals surface area (Å²) in [6, 6.07) is 10.0. The van der Waals surface area contributed by atoms with E-state index < -0.39 is 11.2 Å². The molecule has 7 nitrogen and oxygen atoms in total. The minimum Gasteiger partial charge on any atom is -0.342 e. The van der Waals surface area contributed by atoms with Gasteiger partial charge in [0.25, 0.3) is 5.56 Å². The van der Waals surface area contributed by atoms with Crippen LogP contribution in [0.2, 0.25) is 0 Å². The van der Waals surface area contributed by atoms with Crippen molar-refractivity contribution in [1.82, 2.24) is 19.4 Å². The number of aromatic amines is 1. The van der Waals surface area contributed by atoms with Crippen molar-refractivity contribution < 1.29 is 4.79 Å². The Kier molecular flexibility index (Phi) is 5.90. The molecule has 7 heteroatoms. The molecule has 0 saturated carbocycles. The van der Waals surface area contributed by atoms with Crippen LogP contribution in [0.5, 0.6) is 0 Å². The Morgan fingerprint density at radius 2 is 2.00 bits per heavy atom. The van der Waals surface area contributed by atoms with Crippen LogP contribution < -0.4 is 11.2 Å². The van der Waals surface area contributed by atoms with Gasteiger partial charge >= 0.3 is 5.69 Å². The van der Waals surface area contributed by atoms with Gasteiger partial charge in [-0.2, -0.15) is 0 Å². The highest BCUT2D eigenvalue weighted by molar-refractivity contribution is 5.76. The predicted octanol–water partition coefficient (Wildman–Crippen LogP) is 1.75. The average molecular weight is 411 g/mol. The summed E-state index contributed by atoms with van der Waals surface area (Å²) in [7, 11) is 0. The lowest BCUT2D eigenvalue weighted by atomic mass is 9.79. The van der Waals surface area contributed by atoms with E-state index in [2.05, 4.69) is 41.1 Å². The third-order valence-electron chi connectivity index (χ3n) is 6.48. The molecule has 0 radical (unpaired) electrons. The van der Waals surface area contributed by atoms with Crippen molar-refractivity contribution in [3.63, 3.8) is 0 Å². The van der Waals surface area contributed by atoms with Crippen molar-refractivity contribution in [2.45, 2.75) is 45.7 Å². The lowest BCUT2D eigenvalue weighted by molar-refractivity contribution is -0.131. The minimum atomic E-state index is -0.465. The molecule has 1 spiro atoms. The number of benzene rings is 1. The van der Waals surface area contributed by atoms with Gasteiger partial charge in [-0.3, -0.25) is 19.5 Å². The van der Waals surface area contributed by atoms with E-state index in [9.17, 15) is 14.4 Å². The van der Waals surface area contributed by atoms with E-state index in [0.29, 0.717) is 0 Å². The molecular weight excluding hydrogens is 380 g/mol. The van der Waals surface area contributed by atoms with Gasteiger partial charge in [-0.25, -0.2) is 4.79 Å². The van der Waals surface area contributed by atoms with Crippen LogP contribution in [-0.4, -0.2) is 51.4 Å². The molecule has 1 aromatic heterocycles. The number of carbonyl (C=O) groups is 1. The average Bonchev–Trinajstić information content (AvgIpc) is 3.10. The Labute approximate surface area is 176 Å². The van der Waals surface area contributed by atoms with Gasteiger partial charge in [-0.05, 0) is 38.3 Å². The molecule has 1 atom stereocenters. The molecule has 1 unspecified atom stereocenters. The second-order valence-corrected chi connectivity index (χ2v) is 8.92. The summed E-state index contributed by atoms with van der Waals surface area (Å²) in [5.74, 6) is 0.0841. The second-order valence-electron chi connectivity index (χ2n) is 8.92. The van der Waals surface area contributed by atoms with Crippen molar-refractivity contribution in [3.05, 3.63) is 68.5 Å². The summed E-state index contributed by atoms with van der Waals surface area (Å²) in [6.45, 7) is 7.12. The summed E-state index contributed by atoms with van der Waals surface area (Å²) in [5.41, 5.74) is 1.94. The molecule has 30 heavy (non-hydrogen) atoms. The Morgan fingerprint density at radius 3 is 2.80 bits per heavy atom. The fourth-order valence-corrected chi connectivity index (χ4v) is 4.99. The van der Waals surface area contributed by atoms with Crippen molar-refractivity contribution in [1.29, 1.82) is 0 Å². The molecule has 2 saturated heterocycles. The van der Waals surface area contributed by atoms with Gasteiger partial charge in [0.05, 0.1) is 0 Å². The molecular formula is C23H30N4O3. The lowest BCUT2D eigenvalue weighted by Gasteiger charge is -2.40. The first kappa shape index (κ1) is 20.6. The molecule has 1 N–H and O–H groups in total. The highest BCUT2D eigenvalue weighted by Crippen LogP contribution is 2.39. The SMILES string of the molecule is Cc1cccc(CN2CCCC3(CCN(C(=O)CCn4ccc(=O)[nH]c4=O)C3)C2)c1. The van der Waals surface area contributed by atoms with Crippen LogP contribution in [0.15, 0.2) is 46.1 Å². The highest BCUT2D eigenvalue weighted by atomic mass is 16.2. The smallest absolute Gasteiger partial charge is 0.328 e. The molecule has 0 bridgehead atoms. The fraction of sp³-hybridized carbons (Fsp3) is 0.522. The maximum Gasteiger partial charge on any atom is 0.328 e. The Morgan fingerprint density at radius 1 is 1.13 bits per heavy atom. The first-order valence-electron chi connectivity index (χ1n) is 10.8. The second kappa shape index (κ2) is 8.60. The van der Waals surface area contributed by atoms with Gasteiger partial charge in [-0.1, -0.05) is 29.8 Å². The van der Waals surface area contributed by atoms with Crippen LogP contribution in [0.4, 0.5) is 0 Å². The first-order valence-corrected chi connectivity index (χ1v) is 10.8. The molecule has 2 aromatic rings. The normalized spacial score (nSPS) is 22.0. The number of aromatic nitrogens is 2. The number of hydrogen-bond donors (Lipinski definition) is 1. The maximum atomic E-state index is 12.8. The van der Waals surface area contributed by atoms with Gasteiger partial charge in [0.15, 0.2) is 0 Å². The number of nitrogens with zero attached hydrogens (tertiary/aromatic N) is 3. The molecule has 4 rings (SSSR count). The van der Waals surface area contributed by atoms with Crippen molar-refractivity contribution in [3.8, 4) is 0 Å². The number of amides is 1. The number of likely N-dealkylation sites (tertiary alicyclic amines) is 2.